The smallest absolute Gasteiger partial charge is 0.187 e. The van der Waals surface area contributed by atoms with Crippen molar-refractivity contribution in [2.24, 2.45) is 0 Å². The standard InChI is InChI=1S/C14H14O4/c1-18-8-4-7-2-3-9-10(6-12(16)14(9)17)13(7)11(15)5-8/h4-5,12,15-16H,2-3,6H2,1H3. The minimum atomic E-state index is -0.942. The van der Waals surface area contributed by atoms with Gasteiger partial charge in [0.15, 0.2) is 5.78 Å². The normalized spacial score (nSPS) is 21.9. The molecule has 3 rings (SSSR count). The molecule has 0 aromatic heterocycles. The van der Waals surface area contributed by atoms with E-state index in [1.807, 2.05) is 6.07 Å². The maximum absolute atomic E-state index is 11.8. The zero-order valence-electron chi connectivity index (χ0n) is 10.1. The fraction of sp³-hybridized carbons (Fsp3) is 0.357. The van der Waals surface area contributed by atoms with E-state index in [0.29, 0.717) is 36.1 Å². The van der Waals surface area contributed by atoms with Gasteiger partial charge in [-0.3, -0.25) is 4.79 Å². The molecule has 0 amide bonds. The fourth-order valence-electron chi connectivity index (χ4n) is 2.87. The predicted octanol–water partition coefficient (Wildman–Crippen LogP) is 1.43. The van der Waals surface area contributed by atoms with Crippen LogP contribution in [0.25, 0.3) is 5.57 Å². The number of methoxy groups -OCH3 is 1. The van der Waals surface area contributed by atoms with Crippen LogP contribution in [0.3, 0.4) is 0 Å². The lowest BCUT2D eigenvalue weighted by atomic mass is 9.86. The van der Waals surface area contributed by atoms with E-state index < -0.39 is 6.10 Å². The summed E-state index contributed by atoms with van der Waals surface area (Å²) in [7, 11) is 1.55. The molecule has 94 valence electrons. The van der Waals surface area contributed by atoms with Gasteiger partial charge in [-0.05, 0) is 30.0 Å². The number of rotatable bonds is 1. The molecule has 2 aliphatic carbocycles. The highest BCUT2D eigenvalue weighted by atomic mass is 16.5. The van der Waals surface area contributed by atoms with Crippen LogP contribution in [0.1, 0.15) is 24.0 Å². The number of aliphatic hydroxyl groups is 1. The number of ketones is 1. The second kappa shape index (κ2) is 3.85. The number of benzene rings is 1. The average Bonchev–Trinajstić information content (AvgIpc) is 2.64. The van der Waals surface area contributed by atoms with E-state index in [-0.39, 0.29) is 11.5 Å². The number of ether oxygens (including phenoxy) is 1. The quantitative estimate of drug-likeness (QED) is 0.786. The van der Waals surface area contributed by atoms with Crippen molar-refractivity contribution in [3.8, 4) is 11.5 Å². The molecule has 1 unspecified atom stereocenters. The molecule has 0 aliphatic heterocycles. The number of phenols is 1. The zero-order valence-corrected chi connectivity index (χ0v) is 10.1. The summed E-state index contributed by atoms with van der Waals surface area (Å²) in [4.78, 5) is 11.8. The summed E-state index contributed by atoms with van der Waals surface area (Å²) in [6.07, 6.45) is 0.686. The first-order valence-corrected chi connectivity index (χ1v) is 5.96. The first-order chi connectivity index (χ1) is 8.61. The summed E-state index contributed by atoms with van der Waals surface area (Å²) in [5, 5.41) is 19.7. The van der Waals surface area contributed by atoms with Gasteiger partial charge in [-0.15, -0.1) is 0 Å². The van der Waals surface area contributed by atoms with Crippen molar-refractivity contribution < 1.29 is 19.7 Å². The van der Waals surface area contributed by atoms with Crippen molar-refractivity contribution in [2.75, 3.05) is 7.11 Å². The van der Waals surface area contributed by atoms with Crippen LogP contribution in [-0.4, -0.2) is 29.2 Å². The molecule has 0 radical (unpaired) electrons. The van der Waals surface area contributed by atoms with E-state index in [1.54, 1.807) is 13.2 Å². The summed E-state index contributed by atoms with van der Waals surface area (Å²) in [5.41, 5.74) is 3.17. The van der Waals surface area contributed by atoms with Crippen LogP contribution in [0, 0.1) is 0 Å². The maximum Gasteiger partial charge on any atom is 0.187 e. The van der Waals surface area contributed by atoms with Crippen molar-refractivity contribution in [3.05, 3.63) is 28.8 Å². The number of carbonyl (C=O) groups is 1. The molecular weight excluding hydrogens is 232 g/mol. The number of aryl methyl sites for hydroxylation is 1. The Labute approximate surface area is 105 Å². The zero-order chi connectivity index (χ0) is 12.9. The Morgan fingerprint density at radius 2 is 2.06 bits per heavy atom. The molecule has 0 heterocycles. The maximum atomic E-state index is 11.8. The molecule has 4 nitrogen and oxygen atoms in total. The van der Waals surface area contributed by atoms with E-state index in [0.717, 1.165) is 11.1 Å². The fourth-order valence-corrected chi connectivity index (χ4v) is 2.87. The molecular formula is C14H14O4. The Kier molecular flexibility index (Phi) is 2.41. The minimum absolute atomic E-state index is 0.124. The molecule has 2 aliphatic rings. The number of hydrogen-bond acceptors (Lipinski definition) is 4. The van der Waals surface area contributed by atoms with Gasteiger partial charge in [0.25, 0.3) is 0 Å². The van der Waals surface area contributed by atoms with E-state index in [1.165, 1.54) is 0 Å². The largest absolute Gasteiger partial charge is 0.507 e. The number of hydrogen-bond donors (Lipinski definition) is 2. The highest BCUT2D eigenvalue weighted by molar-refractivity contribution is 6.11. The van der Waals surface area contributed by atoms with Gasteiger partial charge in [-0.1, -0.05) is 0 Å². The van der Waals surface area contributed by atoms with Gasteiger partial charge in [0, 0.05) is 23.6 Å². The number of Topliss-reactive ketones (excluding diaryl/α,β-unsaturated/α-hetero) is 1. The van der Waals surface area contributed by atoms with E-state index in [9.17, 15) is 15.0 Å². The number of aliphatic hydroxyl groups excluding tert-OH is 1. The molecule has 1 atom stereocenters. The topological polar surface area (TPSA) is 66.8 Å². The summed E-state index contributed by atoms with van der Waals surface area (Å²) in [6.45, 7) is 0. The van der Waals surface area contributed by atoms with E-state index in [2.05, 4.69) is 0 Å². The summed E-state index contributed by atoms with van der Waals surface area (Å²) >= 11 is 0. The Morgan fingerprint density at radius 3 is 2.78 bits per heavy atom. The Hall–Kier alpha value is -1.81. The molecule has 0 saturated carbocycles. The SMILES string of the molecule is COc1cc(O)c2c(c1)CCC1=C2CC(O)C1=O. The lowest BCUT2D eigenvalue weighted by molar-refractivity contribution is -0.122. The van der Waals surface area contributed by atoms with Gasteiger partial charge >= 0.3 is 0 Å². The highest BCUT2D eigenvalue weighted by Gasteiger charge is 2.36. The molecule has 0 saturated heterocycles. The summed E-state index contributed by atoms with van der Waals surface area (Å²) in [5.74, 6) is 0.546. The van der Waals surface area contributed by atoms with Crippen LogP contribution >= 0.6 is 0 Å². The van der Waals surface area contributed by atoms with Crippen LogP contribution in [0.4, 0.5) is 0 Å². The van der Waals surface area contributed by atoms with Crippen LogP contribution in [0.2, 0.25) is 0 Å². The minimum Gasteiger partial charge on any atom is -0.507 e. The number of phenolic OH excluding ortho intramolecular Hbond substituents is 1. The van der Waals surface area contributed by atoms with Crippen LogP contribution in [0.5, 0.6) is 11.5 Å². The molecule has 4 heteroatoms. The first-order valence-electron chi connectivity index (χ1n) is 5.96. The molecule has 0 fully saturated rings. The third-order valence-corrected chi connectivity index (χ3v) is 3.72. The van der Waals surface area contributed by atoms with Crippen molar-refractivity contribution >= 4 is 11.4 Å². The van der Waals surface area contributed by atoms with Crippen molar-refractivity contribution in [1.82, 2.24) is 0 Å². The molecule has 1 aromatic carbocycles. The van der Waals surface area contributed by atoms with Gasteiger partial charge in [-0.2, -0.15) is 0 Å². The Bertz CT molecular complexity index is 571. The van der Waals surface area contributed by atoms with Gasteiger partial charge in [0.1, 0.15) is 17.6 Å². The van der Waals surface area contributed by atoms with Gasteiger partial charge in [-0.25, -0.2) is 0 Å². The van der Waals surface area contributed by atoms with Crippen molar-refractivity contribution in [2.45, 2.75) is 25.4 Å². The van der Waals surface area contributed by atoms with Crippen LogP contribution < -0.4 is 4.74 Å². The van der Waals surface area contributed by atoms with Gasteiger partial charge < -0.3 is 14.9 Å². The van der Waals surface area contributed by atoms with E-state index in [4.69, 9.17) is 4.74 Å². The van der Waals surface area contributed by atoms with Gasteiger partial charge in [0.2, 0.25) is 0 Å². The molecule has 18 heavy (non-hydrogen) atoms. The lowest BCUT2D eigenvalue weighted by Gasteiger charge is -2.20. The van der Waals surface area contributed by atoms with E-state index >= 15 is 0 Å². The monoisotopic (exact) mass is 246 g/mol. The third kappa shape index (κ3) is 1.46. The first kappa shape index (κ1) is 11.3. The second-order valence-electron chi connectivity index (χ2n) is 4.72. The summed E-state index contributed by atoms with van der Waals surface area (Å²) in [6, 6.07) is 3.43. The summed E-state index contributed by atoms with van der Waals surface area (Å²) < 4.78 is 5.12. The van der Waals surface area contributed by atoms with Crippen molar-refractivity contribution in [1.29, 1.82) is 0 Å². The Morgan fingerprint density at radius 1 is 1.28 bits per heavy atom. The second-order valence-corrected chi connectivity index (χ2v) is 4.72. The average molecular weight is 246 g/mol. The van der Waals surface area contributed by atoms with Crippen LogP contribution in [0.15, 0.2) is 17.7 Å². The molecule has 2 N–H and O–H groups in total. The van der Waals surface area contributed by atoms with Crippen LogP contribution in [-0.2, 0) is 11.2 Å². The molecule has 0 bridgehead atoms. The number of carbonyl (C=O) groups excluding carboxylic acids is 1. The third-order valence-electron chi connectivity index (χ3n) is 3.72. The number of fused-ring (bicyclic) bond motifs is 2. The number of aromatic hydroxyl groups is 1. The van der Waals surface area contributed by atoms with Gasteiger partial charge in [0.05, 0.1) is 7.11 Å². The highest BCUT2D eigenvalue weighted by Crippen LogP contribution is 2.45. The van der Waals surface area contributed by atoms with Crippen molar-refractivity contribution in [3.63, 3.8) is 0 Å². The Balaban J connectivity index is 2.17. The predicted molar refractivity (Wildman–Crippen MR) is 65.5 cm³/mol. The lowest BCUT2D eigenvalue weighted by Crippen LogP contribution is -2.15. The molecule has 0 spiro atoms. The molecule has 1 aromatic rings.